The maximum absolute atomic E-state index is 9.76. The standard InChI is InChI=1S/C12H22N2O/c1-10(2)6-4-3-5-7-12(15)11-8-13-14-9-11/h8-10,12,15H,3-7H2,1-2H3,(H,13,14). The number of hydrogen-bond donors (Lipinski definition) is 2. The van der Waals surface area contributed by atoms with Gasteiger partial charge < -0.3 is 5.11 Å². The van der Waals surface area contributed by atoms with E-state index in [1.165, 1.54) is 19.3 Å². The van der Waals surface area contributed by atoms with E-state index in [1.807, 2.05) is 0 Å². The van der Waals surface area contributed by atoms with E-state index in [9.17, 15) is 5.11 Å². The van der Waals surface area contributed by atoms with Crippen LogP contribution in [0.4, 0.5) is 0 Å². The van der Waals surface area contributed by atoms with Crippen molar-refractivity contribution in [2.24, 2.45) is 5.92 Å². The smallest absolute Gasteiger partial charge is 0.0820 e. The van der Waals surface area contributed by atoms with Crippen LogP contribution in [0.25, 0.3) is 0 Å². The van der Waals surface area contributed by atoms with Gasteiger partial charge in [0.1, 0.15) is 0 Å². The lowest BCUT2D eigenvalue weighted by Gasteiger charge is -2.08. The van der Waals surface area contributed by atoms with Gasteiger partial charge in [0.15, 0.2) is 0 Å². The second kappa shape index (κ2) is 6.62. The number of aromatic nitrogens is 2. The molecule has 15 heavy (non-hydrogen) atoms. The molecule has 1 aromatic heterocycles. The Bertz CT molecular complexity index is 244. The first-order valence-corrected chi connectivity index (χ1v) is 5.87. The number of nitrogens with zero attached hydrogens (tertiary/aromatic N) is 1. The summed E-state index contributed by atoms with van der Waals surface area (Å²) in [6, 6.07) is 0. The zero-order chi connectivity index (χ0) is 11.1. The minimum absolute atomic E-state index is 0.345. The zero-order valence-corrected chi connectivity index (χ0v) is 9.74. The number of unbranched alkanes of at least 4 members (excludes halogenated alkanes) is 2. The summed E-state index contributed by atoms with van der Waals surface area (Å²) in [5.74, 6) is 0.795. The van der Waals surface area contributed by atoms with E-state index >= 15 is 0 Å². The molecule has 0 saturated heterocycles. The van der Waals surface area contributed by atoms with Crippen molar-refractivity contribution in [2.45, 2.75) is 52.1 Å². The fraction of sp³-hybridized carbons (Fsp3) is 0.750. The molecule has 1 unspecified atom stereocenters. The summed E-state index contributed by atoms with van der Waals surface area (Å²) in [5.41, 5.74) is 0.902. The normalized spacial score (nSPS) is 13.3. The van der Waals surface area contributed by atoms with Gasteiger partial charge in [-0.15, -0.1) is 0 Å². The van der Waals surface area contributed by atoms with Crippen LogP contribution < -0.4 is 0 Å². The molecule has 1 atom stereocenters. The Hall–Kier alpha value is -0.830. The molecule has 0 aliphatic carbocycles. The van der Waals surface area contributed by atoms with E-state index < -0.39 is 0 Å². The molecule has 0 bridgehead atoms. The molecule has 86 valence electrons. The highest BCUT2D eigenvalue weighted by molar-refractivity contribution is 5.06. The lowest BCUT2D eigenvalue weighted by atomic mass is 10.0. The molecule has 1 aromatic rings. The van der Waals surface area contributed by atoms with Crippen LogP contribution in [0.2, 0.25) is 0 Å². The van der Waals surface area contributed by atoms with Crippen LogP contribution in [0.1, 0.15) is 57.6 Å². The second-order valence-electron chi connectivity index (χ2n) is 4.58. The largest absolute Gasteiger partial charge is 0.388 e. The van der Waals surface area contributed by atoms with Crippen molar-refractivity contribution in [3.63, 3.8) is 0 Å². The fourth-order valence-electron chi connectivity index (χ4n) is 1.68. The van der Waals surface area contributed by atoms with Gasteiger partial charge in [0.05, 0.1) is 12.3 Å². The van der Waals surface area contributed by atoms with E-state index in [-0.39, 0.29) is 6.10 Å². The SMILES string of the molecule is CC(C)CCCCCC(O)c1cn[nH]c1. The Balaban J connectivity index is 2.05. The van der Waals surface area contributed by atoms with E-state index in [4.69, 9.17) is 0 Å². The van der Waals surface area contributed by atoms with Crippen LogP contribution in [0, 0.1) is 5.92 Å². The molecule has 3 heteroatoms. The topological polar surface area (TPSA) is 48.9 Å². The Morgan fingerprint density at radius 1 is 1.27 bits per heavy atom. The van der Waals surface area contributed by atoms with Crippen molar-refractivity contribution in [1.29, 1.82) is 0 Å². The van der Waals surface area contributed by atoms with Crippen molar-refractivity contribution in [3.8, 4) is 0 Å². The number of hydrogen-bond acceptors (Lipinski definition) is 2. The van der Waals surface area contributed by atoms with Gasteiger partial charge in [-0.1, -0.05) is 39.5 Å². The van der Waals surface area contributed by atoms with Crippen LogP contribution >= 0.6 is 0 Å². The molecule has 0 spiro atoms. The lowest BCUT2D eigenvalue weighted by molar-refractivity contribution is 0.163. The van der Waals surface area contributed by atoms with Crippen molar-refractivity contribution < 1.29 is 5.11 Å². The second-order valence-corrected chi connectivity index (χ2v) is 4.58. The van der Waals surface area contributed by atoms with Crippen LogP contribution in [0.5, 0.6) is 0 Å². The molecule has 0 saturated carbocycles. The van der Waals surface area contributed by atoms with E-state index in [1.54, 1.807) is 12.4 Å². The van der Waals surface area contributed by atoms with Gasteiger partial charge in [-0.3, -0.25) is 5.10 Å². The first-order valence-electron chi connectivity index (χ1n) is 5.87. The van der Waals surface area contributed by atoms with E-state index in [0.29, 0.717) is 0 Å². The van der Waals surface area contributed by atoms with Crippen LogP contribution in [0.15, 0.2) is 12.4 Å². The number of H-pyrrole nitrogens is 1. The van der Waals surface area contributed by atoms with E-state index in [2.05, 4.69) is 24.0 Å². The number of aromatic amines is 1. The Morgan fingerprint density at radius 3 is 2.60 bits per heavy atom. The van der Waals surface area contributed by atoms with Crippen molar-refractivity contribution in [2.75, 3.05) is 0 Å². The van der Waals surface area contributed by atoms with Gasteiger partial charge in [0, 0.05) is 11.8 Å². The molecule has 0 aliphatic rings. The van der Waals surface area contributed by atoms with Gasteiger partial charge >= 0.3 is 0 Å². The molecule has 0 amide bonds. The monoisotopic (exact) mass is 210 g/mol. The number of aliphatic hydroxyl groups excluding tert-OH is 1. The number of nitrogens with one attached hydrogen (secondary N) is 1. The van der Waals surface area contributed by atoms with Gasteiger partial charge in [-0.25, -0.2) is 0 Å². The molecular formula is C12H22N2O. The Labute approximate surface area is 91.9 Å². The molecule has 2 N–H and O–H groups in total. The minimum atomic E-state index is -0.345. The molecule has 1 heterocycles. The fourth-order valence-corrected chi connectivity index (χ4v) is 1.68. The average molecular weight is 210 g/mol. The van der Waals surface area contributed by atoms with Gasteiger partial charge in [0.2, 0.25) is 0 Å². The third kappa shape index (κ3) is 4.98. The highest BCUT2D eigenvalue weighted by atomic mass is 16.3. The Morgan fingerprint density at radius 2 is 2.00 bits per heavy atom. The molecule has 0 fully saturated rings. The summed E-state index contributed by atoms with van der Waals surface area (Å²) < 4.78 is 0. The molecular weight excluding hydrogens is 188 g/mol. The molecule has 3 nitrogen and oxygen atoms in total. The van der Waals surface area contributed by atoms with Gasteiger partial charge in [-0.05, 0) is 12.3 Å². The lowest BCUT2D eigenvalue weighted by Crippen LogP contribution is -1.96. The predicted octanol–water partition coefficient (Wildman–Crippen LogP) is 3.05. The Kier molecular flexibility index (Phi) is 5.40. The van der Waals surface area contributed by atoms with Crippen molar-refractivity contribution in [3.05, 3.63) is 18.0 Å². The highest BCUT2D eigenvalue weighted by Crippen LogP contribution is 2.19. The summed E-state index contributed by atoms with van der Waals surface area (Å²) in [5, 5.41) is 16.3. The summed E-state index contributed by atoms with van der Waals surface area (Å²) >= 11 is 0. The summed E-state index contributed by atoms with van der Waals surface area (Å²) in [6.45, 7) is 4.50. The third-order valence-electron chi connectivity index (χ3n) is 2.66. The van der Waals surface area contributed by atoms with E-state index in [0.717, 1.165) is 24.3 Å². The maximum atomic E-state index is 9.76. The third-order valence-corrected chi connectivity index (χ3v) is 2.66. The average Bonchev–Trinajstić information content (AvgIpc) is 2.69. The first kappa shape index (κ1) is 12.2. The molecule has 0 radical (unpaired) electrons. The first-order chi connectivity index (χ1) is 7.20. The van der Waals surface area contributed by atoms with Gasteiger partial charge in [-0.2, -0.15) is 5.10 Å². The highest BCUT2D eigenvalue weighted by Gasteiger charge is 2.07. The quantitative estimate of drug-likeness (QED) is 0.679. The predicted molar refractivity (Wildman–Crippen MR) is 61.5 cm³/mol. The number of aliphatic hydroxyl groups is 1. The van der Waals surface area contributed by atoms with Gasteiger partial charge in [0.25, 0.3) is 0 Å². The van der Waals surface area contributed by atoms with Crippen LogP contribution in [-0.2, 0) is 0 Å². The maximum Gasteiger partial charge on any atom is 0.0820 e. The van der Waals surface area contributed by atoms with Crippen molar-refractivity contribution in [1.82, 2.24) is 10.2 Å². The number of rotatable bonds is 7. The van der Waals surface area contributed by atoms with Crippen LogP contribution in [0.3, 0.4) is 0 Å². The molecule has 0 aromatic carbocycles. The minimum Gasteiger partial charge on any atom is -0.388 e. The zero-order valence-electron chi connectivity index (χ0n) is 9.74. The summed E-state index contributed by atoms with van der Waals surface area (Å²) in [4.78, 5) is 0. The molecule has 0 aliphatic heterocycles. The molecule has 1 rings (SSSR count). The van der Waals surface area contributed by atoms with Crippen molar-refractivity contribution >= 4 is 0 Å². The summed E-state index contributed by atoms with van der Waals surface area (Å²) in [6.07, 6.45) is 8.83. The summed E-state index contributed by atoms with van der Waals surface area (Å²) in [7, 11) is 0. The van der Waals surface area contributed by atoms with Crippen LogP contribution in [-0.4, -0.2) is 15.3 Å².